The largest absolute Gasteiger partial charge is 0.481 e. The maximum atomic E-state index is 12.6. The fourth-order valence-electron chi connectivity index (χ4n) is 2.99. The number of carboxylic acids is 1. The summed E-state index contributed by atoms with van der Waals surface area (Å²) in [7, 11) is -4.78. The number of para-hydroxylation sites is 1. The monoisotopic (exact) mass is 446 g/mol. The molecule has 0 aliphatic heterocycles. The molecule has 0 saturated carbocycles. The van der Waals surface area contributed by atoms with Gasteiger partial charge < -0.3 is 14.8 Å². The van der Waals surface area contributed by atoms with Crippen LogP contribution in [0, 0.1) is 0 Å². The minimum atomic E-state index is -4.78. The van der Waals surface area contributed by atoms with Gasteiger partial charge in [-0.05, 0) is 30.3 Å². The first-order valence-electron chi connectivity index (χ1n) is 8.64. The summed E-state index contributed by atoms with van der Waals surface area (Å²) in [5, 5.41) is 12.1. The molecular formula is C19H14N2O7S2. The average Bonchev–Trinajstić information content (AvgIpc) is 3.09. The van der Waals surface area contributed by atoms with Crippen LogP contribution in [0.5, 0.6) is 0 Å². The number of aromatic nitrogens is 1. The lowest BCUT2D eigenvalue weighted by molar-refractivity contribution is -0.136. The van der Waals surface area contributed by atoms with Crippen LogP contribution in [-0.4, -0.2) is 35.6 Å². The Morgan fingerprint density at radius 1 is 1.20 bits per heavy atom. The number of thiazole rings is 1. The minimum Gasteiger partial charge on any atom is -0.481 e. The number of nitrogens with zero attached hydrogens (tertiary/aromatic N) is 1. The molecule has 2 aromatic carbocycles. The number of nitrogens with one attached hydrogen (secondary N) is 1. The quantitative estimate of drug-likeness (QED) is 0.300. The number of hydrogen-bond donors (Lipinski definition) is 3. The predicted molar refractivity (Wildman–Crippen MR) is 112 cm³/mol. The van der Waals surface area contributed by atoms with E-state index < -0.39 is 26.6 Å². The van der Waals surface area contributed by atoms with Crippen LogP contribution < -0.4 is 10.9 Å². The highest BCUT2D eigenvalue weighted by Crippen LogP contribution is 2.34. The number of aliphatic carboxylic acids is 1. The van der Waals surface area contributed by atoms with Gasteiger partial charge in [-0.15, -0.1) is 11.3 Å². The summed E-state index contributed by atoms with van der Waals surface area (Å²) in [4.78, 5) is 27.1. The molecule has 2 heterocycles. The normalized spacial score (nSPS) is 11.8. The van der Waals surface area contributed by atoms with Crippen molar-refractivity contribution in [2.45, 2.75) is 11.3 Å². The van der Waals surface area contributed by atoms with Gasteiger partial charge in [0.1, 0.15) is 5.01 Å². The van der Waals surface area contributed by atoms with Gasteiger partial charge in [0, 0.05) is 11.9 Å². The van der Waals surface area contributed by atoms with Crippen LogP contribution in [0.1, 0.15) is 6.42 Å². The van der Waals surface area contributed by atoms with Crippen LogP contribution in [0.4, 0.5) is 5.69 Å². The fourth-order valence-corrected chi connectivity index (χ4v) is 4.78. The minimum absolute atomic E-state index is 0.0675. The van der Waals surface area contributed by atoms with Crippen molar-refractivity contribution in [2.24, 2.45) is 0 Å². The van der Waals surface area contributed by atoms with Crippen molar-refractivity contribution >= 4 is 54.3 Å². The van der Waals surface area contributed by atoms with E-state index in [9.17, 15) is 22.6 Å². The second-order valence-corrected chi connectivity index (χ2v) is 8.73. The Bertz CT molecular complexity index is 1420. The second kappa shape index (κ2) is 7.52. The smallest absolute Gasteiger partial charge is 0.346 e. The van der Waals surface area contributed by atoms with Crippen molar-refractivity contribution in [1.82, 2.24) is 4.98 Å². The lowest BCUT2D eigenvalue weighted by Gasteiger charge is -2.11. The van der Waals surface area contributed by atoms with Gasteiger partial charge in [-0.3, -0.25) is 9.35 Å². The highest BCUT2D eigenvalue weighted by atomic mass is 32.2. The molecule has 4 rings (SSSR count). The summed E-state index contributed by atoms with van der Waals surface area (Å²) in [6.07, 6.45) is -0.274. The Balaban J connectivity index is 1.87. The molecular weight excluding hydrogens is 432 g/mol. The van der Waals surface area contributed by atoms with E-state index in [0.29, 0.717) is 10.5 Å². The Kier molecular flexibility index (Phi) is 5.02. The molecule has 154 valence electrons. The molecule has 4 aromatic rings. The molecule has 3 N–H and O–H groups in total. The lowest BCUT2D eigenvalue weighted by Crippen LogP contribution is -2.12. The fraction of sp³-hybridized carbons (Fsp3) is 0.105. The van der Waals surface area contributed by atoms with Crippen LogP contribution >= 0.6 is 11.3 Å². The van der Waals surface area contributed by atoms with Crippen molar-refractivity contribution in [3.8, 4) is 10.6 Å². The number of fused-ring (bicyclic) bond motifs is 2. The summed E-state index contributed by atoms with van der Waals surface area (Å²) >= 11 is 1.29. The van der Waals surface area contributed by atoms with Crippen LogP contribution in [0.25, 0.3) is 31.8 Å². The molecule has 0 saturated heterocycles. The van der Waals surface area contributed by atoms with Crippen LogP contribution in [0.2, 0.25) is 0 Å². The van der Waals surface area contributed by atoms with Gasteiger partial charge in [0.15, 0.2) is 10.5 Å². The van der Waals surface area contributed by atoms with E-state index in [4.69, 9.17) is 9.52 Å². The second-order valence-electron chi connectivity index (χ2n) is 6.34. The molecule has 0 bridgehead atoms. The zero-order valence-corrected chi connectivity index (χ0v) is 16.8. The van der Waals surface area contributed by atoms with Gasteiger partial charge in [-0.25, -0.2) is 9.78 Å². The molecule has 0 fully saturated rings. The van der Waals surface area contributed by atoms with Crippen molar-refractivity contribution in [3.63, 3.8) is 0 Å². The van der Waals surface area contributed by atoms with Crippen molar-refractivity contribution < 1.29 is 27.3 Å². The maximum absolute atomic E-state index is 12.6. The summed E-state index contributed by atoms with van der Waals surface area (Å²) in [5.41, 5.74) is -0.325. The Labute approximate surface area is 173 Å². The summed E-state index contributed by atoms with van der Waals surface area (Å²) in [6.45, 7) is -0.0859. The highest BCUT2D eigenvalue weighted by molar-refractivity contribution is 7.86. The lowest BCUT2D eigenvalue weighted by atomic mass is 10.1. The van der Waals surface area contributed by atoms with Crippen LogP contribution in [-0.2, 0) is 14.9 Å². The molecule has 0 amide bonds. The summed E-state index contributed by atoms with van der Waals surface area (Å²) in [6, 6.07) is 11.7. The Morgan fingerprint density at radius 2 is 1.97 bits per heavy atom. The van der Waals surface area contributed by atoms with E-state index in [-0.39, 0.29) is 35.2 Å². The van der Waals surface area contributed by atoms with E-state index in [2.05, 4.69) is 10.3 Å². The zero-order valence-electron chi connectivity index (χ0n) is 15.2. The Hall–Kier alpha value is -3.28. The van der Waals surface area contributed by atoms with Crippen molar-refractivity contribution in [3.05, 3.63) is 52.9 Å². The standard InChI is InChI=1S/C19H14N2O7S2/c22-15(23)7-8-20-13-6-5-10-9-11(18-21-12-3-1-2-4-14(12)29-18)19(24)28-16(10)17(13)30(25,26)27/h1-6,9,20H,7-8H2,(H,22,23)(H,25,26,27). The molecule has 0 aliphatic carbocycles. The molecule has 0 unspecified atom stereocenters. The Morgan fingerprint density at radius 3 is 2.67 bits per heavy atom. The van der Waals surface area contributed by atoms with E-state index in [1.54, 1.807) is 0 Å². The first-order chi connectivity index (χ1) is 14.2. The van der Waals surface area contributed by atoms with E-state index >= 15 is 0 Å². The summed E-state index contributed by atoms with van der Waals surface area (Å²) < 4.78 is 39.8. The molecule has 0 spiro atoms. The SMILES string of the molecule is O=C(O)CCNc1ccc2cc(-c3nc4ccccc4s3)c(=O)oc2c1S(=O)(=O)O. The number of benzene rings is 2. The number of carbonyl (C=O) groups is 1. The van der Waals surface area contributed by atoms with E-state index in [1.165, 1.54) is 29.5 Å². The first kappa shape index (κ1) is 20.0. The molecule has 11 heteroatoms. The third kappa shape index (κ3) is 3.77. The van der Waals surface area contributed by atoms with Gasteiger partial charge in [0.05, 0.1) is 27.9 Å². The predicted octanol–water partition coefficient (Wildman–Crippen LogP) is 3.20. The van der Waals surface area contributed by atoms with E-state index in [1.807, 2.05) is 24.3 Å². The number of anilines is 1. The van der Waals surface area contributed by atoms with Crippen LogP contribution in [0.3, 0.4) is 0 Å². The zero-order chi connectivity index (χ0) is 21.5. The van der Waals surface area contributed by atoms with Crippen LogP contribution in [0.15, 0.2) is 56.6 Å². The van der Waals surface area contributed by atoms with E-state index in [0.717, 1.165) is 4.70 Å². The highest BCUT2D eigenvalue weighted by Gasteiger charge is 2.24. The molecule has 0 radical (unpaired) electrons. The third-order valence-electron chi connectivity index (χ3n) is 4.29. The van der Waals surface area contributed by atoms with Gasteiger partial charge in [-0.2, -0.15) is 8.42 Å². The molecule has 0 atom stereocenters. The number of carboxylic acid groups (broad SMARTS) is 1. The third-order valence-corrected chi connectivity index (χ3v) is 6.28. The van der Waals surface area contributed by atoms with Crippen molar-refractivity contribution in [1.29, 1.82) is 0 Å². The van der Waals surface area contributed by atoms with Gasteiger partial charge >= 0.3 is 11.6 Å². The number of hydrogen-bond acceptors (Lipinski definition) is 8. The van der Waals surface area contributed by atoms with Crippen molar-refractivity contribution in [2.75, 3.05) is 11.9 Å². The average molecular weight is 446 g/mol. The number of rotatable bonds is 6. The van der Waals surface area contributed by atoms with Gasteiger partial charge in [0.2, 0.25) is 0 Å². The molecule has 2 aromatic heterocycles. The molecule has 9 nitrogen and oxygen atoms in total. The van der Waals surface area contributed by atoms with Gasteiger partial charge in [-0.1, -0.05) is 12.1 Å². The summed E-state index contributed by atoms with van der Waals surface area (Å²) in [5.74, 6) is -1.08. The maximum Gasteiger partial charge on any atom is 0.346 e. The molecule has 30 heavy (non-hydrogen) atoms. The topological polar surface area (TPSA) is 147 Å². The first-order valence-corrected chi connectivity index (χ1v) is 10.9. The molecule has 0 aliphatic rings. The van der Waals surface area contributed by atoms with Gasteiger partial charge in [0.25, 0.3) is 10.1 Å².